The van der Waals surface area contributed by atoms with Gasteiger partial charge in [0.25, 0.3) is 0 Å². The first-order valence-electron chi connectivity index (χ1n) is 10.0. The zero-order chi connectivity index (χ0) is 19.4. The Morgan fingerprint density at radius 3 is 2.38 bits per heavy atom. The minimum atomic E-state index is -0.474. The Hall–Kier alpha value is -1.50. The van der Waals surface area contributed by atoms with Gasteiger partial charge < -0.3 is 25.6 Å². The van der Waals surface area contributed by atoms with E-state index in [4.69, 9.17) is 4.74 Å². The molecule has 1 rings (SSSR count). The SMILES string of the molecule is CCNC(=NCC(C)CN1CCCCC1)NCCNC(=O)OC(C)(C)C. The third-order valence-electron chi connectivity index (χ3n) is 4.01. The number of alkyl carbamates (subject to hydrolysis) is 1. The number of likely N-dealkylation sites (tertiary alicyclic amines) is 1. The van der Waals surface area contributed by atoms with Crippen LogP contribution in [0.15, 0.2) is 4.99 Å². The number of piperidine rings is 1. The first-order chi connectivity index (χ1) is 12.3. The van der Waals surface area contributed by atoms with Crippen molar-refractivity contribution in [1.29, 1.82) is 0 Å². The van der Waals surface area contributed by atoms with Crippen LogP contribution in [-0.4, -0.2) is 68.4 Å². The van der Waals surface area contributed by atoms with Crippen molar-refractivity contribution in [2.24, 2.45) is 10.9 Å². The van der Waals surface area contributed by atoms with Crippen molar-refractivity contribution >= 4 is 12.1 Å². The number of rotatable bonds is 8. The minimum Gasteiger partial charge on any atom is -0.444 e. The van der Waals surface area contributed by atoms with E-state index in [0.717, 1.165) is 25.6 Å². The molecule has 0 saturated carbocycles. The molecule has 1 aliphatic heterocycles. The van der Waals surface area contributed by atoms with Crippen molar-refractivity contribution in [2.45, 2.75) is 59.5 Å². The minimum absolute atomic E-state index is 0.392. The molecule has 152 valence electrons. The Labute approximate surface area is 159 Å². The van der Waals surface area contributed by atoms with Gasteiger partial charge in [-0.2, -0.15) is 0 Å². The number of nitrogens with one attached hydrogen (secondary N) is 3. The number of hydrogen-bond donors (Lipinski definition) is 3. The van der Waals surface area contributed by atoms with E-state index in [-0.39, 0.29) is 0 Å². The Balaban J connectivity index is 2.28. The van der Waals surface area contributed by atoms with Gasteiger partial charge in [-0.1, -0.05) is 13.3 Å². The Morgan fingerprint density at radius 1 is 1.12 bits per heavy atom. The standard InChI is InChI=1S/C19H39N5O2/c1-6-20-17(21-10-11-22-18(25)26-19(3,4)5)23-14-16(2)15-24-12-8-7-9-13-24/h16H,6-15H2,1-5H3,(H,22,25)(H2,20,21,23). The lowest BCUT2D eigenvalue weighted by Gasteiger charge is -2.28. The predicted octanol–water partition coefficient (Wildman–Crippen LogP) is 2.19. The molecule has 1 amide bonds. The number of carbonyl (C=O) groups is 1. The number of ether oxygens (including phenoxy) is 1. The molecule has 0 bridgehead atoms. The summed E-state index contributed by atoms with van der Waals surface area (Å²) in [6, 6.07) is 0. The topological polar surface area (TPSA) is 78.0 Å². The van der Waals surface area contributed by atoms with E-state index in [1.54, 1.807) is 0 Å². The van der Waals surface area contributed by atoms with Gasteiger partial charge in [0.05, 0.1) is 0 Å². The van der Waals surface area contributed by atoms with Crippen molar-refractivity contribution in [3.8, 4) is 0 Å². The monoisotopic (exact) mass is 369 g/mol. The molecule has 1 saturated heterocycles. The molecule has 1 heterocycles. The van der Waals surface area contributed by atoms with Gasteiger partial charge >= 0.3 is 6.09 Å². The van der Waals surface area contributed by atoms with Crippen LogP contribution < -0.4 is 16.0 Å². The summed E-state index contributed by atoms with van der Waals surface area (Å²) in [6.07, 6.45) is 3.63. The molecule has 1 fully saturated rings. The highest BCUT2D eigenvalue weighted by Crippen LogP contribution is 2.11. The second-order valence-electron chi connectivity index (χ2n) is 8.04. The van der Waals surface area contributed by atoms with Gasteiger partial charge in [-0.15, -0.1) is 0 Å². The highest BCUT2D eigenvalue weighted by atomic mass is 16.6. The highest BCUT2D eigenvalue weighted by molar-refractivity contribution is 5.79. The van der Waals surface area contributed by atoms with Crippen LogP contribution in [0.25, 0.3) is 0 Å². The molecule has 7 nitrogen and oxygen atoms in total. The zero-order valence-corrected chi connectivity index (χ0v) is 17.4. The molecule has 0 aromatic heterocycles. The summed E-state index contributed by atoms with van der Waals surface area (Å²) in [6.45, 7) is 16.1. The number of hydrogen-bond acceptors (Lipinski definition) is 4. The lowest BCUT2D eigenvalue weighted by atomic mass is 10.1. The van der Waals surface area contributed by atoms with E-state index in [0.29, 0.717) is 19.0 Å². The van der Waals surface area contributed by atoms with Crippen molar-refractivity contribution in [2.75, 3.05) is 45.8 Å². The van der Waals surface area contributed by atoms with Crippen LogP contribution >= 0.6 is 0 Å². The van der Waals surface area contributed by atoms with Crippen LogP contribution in [0.3, 0.4) is 0 Å². The lowest BCUT2D eigenvalue weighted by molar-refractivity contribution is 0.0529. The maximum Gasteiger partial charge on any atom is 0.407 e. The first-order valence-corrected chi connectivity index (χ1v) is 10.0. The maximum atomic E-state index is 11.6. The molecular formula is C19H39N5O2. The summed E-state index contributed by atoms with van der Waals surface area (Å²) in [7, 11) is 0. The average Bonchev–Trinajstić information content (AvgIpc) is 2.55. The molecule has 0 radical (unpaired) electrons. The van der Waals surface area contributed by atoms with Crippen molar-refractivity contribution in [1.82, 2.24) is 20.9 Å². The molecule has 0 spiro atoms. The zero-order valence-electron chi connectivity index (χ0n) is 17.4. The van der Waals surface area contributed by atoms with E-state index < -0.39 is 11.7 Å². The molecule has 1 unspecified atom stereocenters. The third-order valence-corrected chi connectivity index (χ3v) is 4.01. The third kappa shape index (κ3) is 11.2. The number of aliphatic imine (C=N–C) groups is 1. The largest absolute Gasteiger partial charge is 0.444 e. The molecule has 7 heteroatoms. The lowest BCUT2D eigenvalue weighted by Crippen LogP contribution is -2.42. The fourth-order valence-electron chi connectivity index (χ4n) is 2.89. The second kappa shape index (κ2) is 12.0. The summed E-state index contributed by atoms with van der Waals surface area (Å²) >= 11 is 0. The van der Waals surface area contributed by atoms with Crippen molar-refractivity contribution < 1.29 is 9.53 Å². The molecule has 1 atom stereocenters. The van der Waals surface area contributed by atoms with Crippen LogP contribution in [0.1, 0.15) is 53.9 Å². The first kappa shape index (κ1) is 22.5. The summed E-state index contributed by atoms with van der Waals surface area (Å²) in [5, 5.41) is 9.24. The Kier molecular flexibility index (Phi) is 10.4. The summed E-state index contributed by atoms with van der Waals surface area (Å²) < 4.78 is 5.22. The van der Waals surface area contributed by atoms with Crippen LogP contribution in [0.5, 0.6) is 0 Å². The normalized spacial score (nSPS) is 17.5. The summed E-state index contributed by atoms with van der Waals surface area (Å²) in [5.74, 6) is 1.33. The summed E-state index contributed by atoms with van der Waals surface area (Å²) in [5.41, 5.74) is -0.474. The van der Waals surface area contributed by atoms with Crippen molar-refractivity contribution in [3.63, 3.8) is 0 Å². The van der Waals surface area contributed by atoms with Gasteiger partial charge in [-0.05, 0) is 59.5 Å². The van der Waals surface area contributed by atoms with Crippen molar-refractivity contribution in [3.05, 3.63) is 0 Å². The Morgan fingerprint density at radius 2 is 1.77 bits per heavy atom. The van der Waals surface area contributed by atoms with E-state index in [1.807, 2.05) is 27.7 Å². The summed E-state index contributed by atoms with van der Waals surface area (Å²) in [4.78, 5) is 18.9. The molecule has 3 N–H and O–H groups in total. The van der Waals surface area contributed by atoms with Gasteiger partial charge in [-0.3, -0.25) is 4.99 Å². The van der Waals surface area contributed by atoms with E-state index in [1.165, 1.54) is 32.4 Å². The predicted molar refractivity (Wildman–Crippen MR) is 108 cm³/mol. The number of nitrogens with zero attached hydrogens (tertiary/aromatic N) is 2. The van der Waals surface area contributed by atoms with Crippen LogP contribution in [0, 0.1) is 5.92 Å². The van der Waals surface area contributed by atoms with E-state index in [2.05, 4.69) is 32.8 Å². The quantitative estimate of drug-likeness (QED) is 0.347. The molecule has 26 heavy (non-hydrogen) atoms. The smallest absolute Gasteiger partial charge is 0.407 e. The van der Waals surface area contributed by atoms with Gasteiger partial charge in [0, 0.05) is 32.7 Å². The van der Waals surface area contributed by atoms with E-state index in [9.17, 15) is 4.79 Å². The van der Waals surface area contributed by atoms with Gasteiger partial charge in [0.1, 0.15) is 5.60 Å². The van der Waals surface area contributed by atoms with E-state index >= 15 is 0 Å². The molecule has 1 aliphatic rings. The van der Waals surface area contributed by atoms with Crippen LogP contribution in [-0.2, 0) is 4.74 Å². The number of carbonyl (C=O) groups excluding carboxylic acids is 1. The van der Waals surface area contributed by atoms with Crippen LogP contribution in [0.2, 0.25) is 0 Å². The second-order valence-corrected chi connectivity index (χ2v) is 8.04. The highest BCUT2D eigenvalue weighted by Gasteiger charge is 2.15. The number of guanidine groups is 1. The van der Waals surface area contributed by atoms with Gasteiger partial charge in [-0.25, -0.2) is 4.79 Å². The molecule has 0 aromatic carbocycles. The maximum absolute atomic E-state index is 11.6. The molecular weight excluding hydrogens is 330 g/mol. The average molecular weight is 370 g/mol. The fourth-order valence-corrected chi connectivity index (χ4v) is 2.89. The van der Waals surface area contributed by atoms with Gasteiger partial charge in [0.2, 0.25) is 0 Å². The van der Waals surface area contributed by atoms with Crippen LogP contribution in [0.4, 0.5) is 4.79 Å². The number of amides is 1. The fraction of sp³-hybridized carbons (Fsp3) is 0.895. The molecule has 0 aromatic rings. The van der Waals surface area contributed by atoms with Gasteiger partial charge in [0.15, 0.2) is 5.96 Å². The Bertz CT molecular complexity index is 428. The molecule has 0 aliphatic carbocycles.